The molecule has 2 amide bonds. The molecule has 0 unspecified atom stereocenters. The molecule has 244 valence electrons. The average molecular weight is 625 g/mol. The van der Waals surface area contributed by atoms with Crippen molar-refractivity contribution in [1.82, 2.24) is 20.2 Å². The van der Waals surface area contributed by atoms with Crippen LogP contribution in [0.5, 0.6) is 0 Å². The highest BCUT2D eigenvalue weighted by molar-refractivity contribution is 6.02. The van der Waals surface area contributed by atoms with Crippen molar-refractivity contribution in [2.45, 2.75) is 79.2 Å². The van der Waals surface area contributed by atoms with E-state index in [1.54, 1.807) is 0 Å². The van der Waals surface area contributed by atoms with Crippen LogP contribution in [0.4, 0.5) is 11.5 Å². The van der Waals surface area contributed by atoms with Crippen molar-refractivity contribution >= 4 is 23.3 Å². The Morgan fingerprint density at radius 3 is 2.37 bits per heavy atom. The number of hydrogen-bond donors (Lipinski definition) is 3. The largest absolute Gasteiger partial charge is 0.354 e. The van der Waals surface area contributed by atoms with E-state index < -0.39 is 0 Å². The standard InChI is InChI=1S/C37H48N6O3/c1-5-37(12-6-7-13-37)36(46)41-32-20-29(19-30(26(32)4)34(44)39-22-31-24(2)18-25(3)40-35(31)45)28-10-11-33(38-21-28)43-16-14-42(15-17-43)23-27-8-9-27/h10-11,18-21,27H,5-9,12-17,22-23H2,1-4H3,(H,39,44)(H,40,45)(H,41,46). The van der Waals surface area contributed by atoms with E-state index in [2.05, 4.69) is 44.5 Å². The molecule has 2 aromatic heterocycles. The maximum Gasteiger partial charge on any atom is 0.253 e. The number of aromatic nitrogens is 2. The lowest BCUT2D eigenvalue weighted by Crippen LogP contribution is -2.47. The van der Waals surface area contributed by atoms with Crippen molar-refractivity contribution in [1.29, 1.82) is 0 Å². The molecule has 3 heterocycles. The van der Waals surface area contributed by atoms with E-state index >= 15 is 0 Å². The van der Waals surface area contributed by atoms with Gasteiger partial charge in [0.15, 0.2) is 0 Å². The van der Waals surface area contributed by atoms with Crippen molar-refractivity contribution in [2.24, 2.45) is 11.3 Å². The maximum absolute atomic E-state index is 13.7. The Bertz CT molecular complexity index is 1640. The van der Waals surface area contributed by atoms with E-state index in [-0.39, 0.29) is 29.3 Å². The minimum atomic E-state index is -0.374. The summed E-state index contributed by atoms with van der Waals surface area (Å²) in [5.74, 6) is 1.59. The van der Waals surface area contributed by atoms with Crippen molar-refractivity contribution < 1.29 is 9.59 Å². The van der Waals surface area contributed by atoms with E-state index in [0.717, 1.165) is 92.4 Å². The summed E-state index contributed by atoms with van der Waals surface area (Å²) in [4.78, 5) is 52.6. The molecule has 3 fully saturated rings. The molecule has 1 aliphatic heterocycles. The number of nitrogens with zero attached hydrogens (tertiary/aromatic N) is 3. The first-order valence-electron chi connectivity index (χ1n) is 17.0. The molecular weight excluding hydrogens is 576 g/mol. The highest BCUT2D eigenvalue weighted by Gasteiger charge is 2.39. The molecule has 9 heteroatoms. The van der Waals surface area contributed by atoms with E-state index in [1.165, 1.54) is 19.4 Å². The molecule has 2 saturated carbocycles. The van der Waals surface area contributed by atoms with E-state index in [4.69, 9.17) is 4.98 Å². The molecule has 3 N–H and O–H groups in total. The Balaban J connectivity index is 1.26. The Kier molecular flexibility index (Phi) is 9.32. The Labute approximate surface area is 272 Å². The van der Waals surface area contributed by atoms with Gasteiger partial charge in [-0.1, -0.05) is 19.8 Å². The minimum absolute atomic E-state index is 0.0234. The minimum Gasteiger partial charge on any atom is -0.354 e. The van der Waals surface area contributed by atoms with Crippen LogP contribution in [-0.2, 0) is 11.3 Å². The first-order chi connectivity index (χ1) is 22.2. The smallest absolute Gasteiger partial charge is 0.253 e. The molecule has 9 nitrogen and oxygen atoms in total. The molecule has 0 radical (unpaired) electrons. The second kappa shape index (κ2) is 13.4. The van der Waals surface area contributed by atoms with Crippen LogP contribution in [0.1, 0.15) is 84.6 Å². The predicted octanol–water partition coefficient (Wildman–Crippen LogP) is 5.73. The summed E-state index contributed by atoms with van der Waals surface area (Å²) in [6.45, 7) is 13.1. The van der Waals surface area contributed by atoms with Gasteiger partial charge in [-0.05, 0) is 106 Å². The number of carbonyl (C=O) groups is 2. The fourth-order valence-corrected chi connectivity index (χ4v) is 7.23. The van der Waals surface area contributed by atoms with Gasteiger partial charge < -0.3 is 20.5 Å². The average Bonchev–Trinajstić information content (AvgIpc) is 3.72. The number of pyridine rings is 2. The number of aryl methyl sites for hydroxylation is 2. The van der Waals surface area contributed by atoms with Crippen LogP contribution in [0, 0.1) is 32.1 Å². The Hall–Kier alpha value is -3.98. The second-order valence-corrected chi connectivity index (χ2v) is 13.8. The summed E-state index contributed by atoms with van der Waals surface area (Å²) >= 11 is 0. The second-order valence-electron chi connectivity index (χ2n) is 13.8. The number of hydrogen-bond acceptors (Lipinski definition) is 6. The maximum atomic E-state index is 13.7. The molecule has 0 spiro atoms. The molecule has 0 atom stereocenters. The number of anilines is 2. The highest BCUT2D eigenvalue weighted by Crippen LogP contribution is 2.42. The topological polar surface area (TPSA) is 110 Å². The quantitative estimate of drug-likeness (QED) is 0.266. The molecular formula is C37H48N6O3. The molecule has 3 aliphatic rings. The summed E-state index contributed by atoms with van der Waals surface area (Å²) in [6.07, 6.45) is 9.28. The number of piperazine rings is 1. The van der Waals surface area contributed by atoms with E-state index in [1.807, 2.05) is 45.2 Å². The predicted molar refractivity (Wildman–Crippen MR) is 183 cm³/mol. The van der Waals surface area contributed by atoms with Gasteiger partial charge in [0.1, 0.15) is 5.82 Å². The zero-order valence-electron chi connectivity index (χ0n) is 27.8. The van der Waals surface area contributed by atoms with Crippen LogP contribution in [0.25, 0.3) is 11.1 Å². The molecule has 1 saturated heterocycles. The van der Waals surface area contributed by atoms with Gasteiger partial charge in [0.2, 0.25) is 5.91 Å². The summed E-state index contributed by atoms with van der Waals surface area (Å²) in [5.41, 5.74) is 5.03. The number of benzene rings is 1. The number of rotatable bonds is 10. The number of nitrogens with one attached hydrogen (secondary N) is 3. The zero-order valence-corrected chi connectivity index (χ0v) is 27.8. The van der Waals surface area contributed by atoms with Crippen molar-refractivity contribution in [3.05, 3.63) is 74.8 Å². The van der Waals surface area contributed by atoms with Crippen LogP contribution in [0.15, 0.2) is 41.3 Å². The summed E-state index contributed by atoms with van der Waals surface area (Å²) < 4.78 is 0. The number of aromatic amines is 1. The lowest BCUT2D eigenvalue weighted by Gasteiger charge is -2.35. The van der Waals surface area contributed by atoms with Gasteiger partial charge in [0.05, 0.1) is 0 Å². The third-order valence-corrected chi connectivity index (χ3v) is 10.5. The van der Waals surface area contributed by atoms with Crippen molar-refractivity contribution in [3.63, 3.8) is 0 Å². The number of amides is 2. The normalized spacial score (nSPS) is 18.0. The molecule has 0 bridgehead atoms. The molecule has 3 aromatic rings. The van der Waals surface area contributed by atoms with Crippen LogP contribution in [0.3, 0.4) is 0 Å². The van der Waals surface area contributed by atoms with Crippen molar-refractivity contribution in [2.75, 3.05) is 42.9 Å². The van der Waals surface area contributed by atoms with Crippen LogP contribution >= 0.6 is 0 Å². The van der Waals surface area contributed by atoms with Crippen LogP contribution in [-0.4, -0.2) is 59.4 Å². The zero-order chi connectivity index (χ0) is 32.4. The SMILES string of the molecule is CCC1(C(=O)Nc2cc(-c3ccc(N4CCN(CC5CC5)CC4)nc3)cc(C(=O)NCc3c(C)cc(C)[nH]c3=O)c2C)CCCC1. The Morgan fingerprint density at radius 1 is 1.00 bits per heavy atom. The first-order valence-corrected chi connectivity index (χ1v) is 17.0. The molecule has 46 heavy (non-hydrogen) atoms. The summed E-state index contributed by atoms with van der Waals surface area (Å²) in [7, 11) is 0. The molecule has 2 aliphatic carbocycles. The monoisotopic (exact) mass is 624 g/mol. The van der Waals surface area contributed by atoms with Crippen LogP contribution in [0.2, 0.25) is 0 Å². The van der Waals surface area contributed by atoms with Gasteiger partial charge in [-0.2, -0.15) is 0 Å². The molecule has 6 rings (SSSR count). The van der Waals surface area contributed by atoms with E-state index in [0.29, 0.717) is 22.4 Å². The van der Waals surface area contributed by atoms with Crippen LogP contribution < -0.4 is 21.1 Å². The summed E-state index contributed by atoms with van der Waals surface area (Å²) in [6, 6.07) is 9.84. The summed E-state index contributed by atoms with van der Waals surface area (Å²) in [5, 5.41) is 6.19. The highest BCUT2D eigenvalue weighted by atomic mass is 16.2. The van der Waals surface area contributed by atoms with Gasteiger partial charge in [-0.25, -0.2) is 4.98 Å². The lowest BCUT2D eigenvalue weighted by molar-refractivity contribution is -0.125. The lowest BCUT2D eigenvalue weighted by atomic mass is 9.82. The first kappa shape index (κ1) is 32.0. The third-order valence-electron chi connectivity index (χ3n) is 10.5. The fourth-order valence-electron chi connectivity index (χ4n) is 7.23. The van der Waals surface area contributed by atoms with Gasteiger partial charge in [0.25, 0.3) is 11.5 Å². The van der Waals surface area contributed by atoms with Gasteiger partial charge in [-0.3, -0.25) is 19.3 Å². The Morgan fingerprint density at radius 2 is 1.74 bits per heavy atom. The fraction of sp³-hybridized carbons (Fsp3) is 0.514. The molecule has 1 aromatic carbocycles. The van der Waals surface area contributed by atoms with Gasteiger partial charge >= 0.3 is 0 Å². The van der Waals surface area contributed by atoms with Crippen molar-refractivity contribution in [3.8, 4) is 11.1 Å². The van der Waals surface area contributed by atoms with Gasteiger partial charge in [0, 0.05) is 79.0 Å². The number of carbonyl (C=O) groups excluding carboxylic acids is 2. The number of H-pyrrole nitrogens is 1. The third kappa shape index (κ3) is 6.89. The van der Waals surface area contributed by atoms with E-state index in [9.17, 15) is 14.4 Å². The van der Waals surface area contributed by atoms with Gasteiger partial charge in [-0.15, -0.1) is 0 Å².